The molecular formula is C21H30N2O3. The van der Waals surface area contributed by atoms with Crippen LogP contribution in [0.25, 0.3) is 0 Å². The molecule has 2 fully saturated rings. The maximum absolute atomic E-state index is 12.8. The van der Waals surface area contributed by atoms with Crippen LogP contribution in [-0.2, 0) is 16.0 Å². The van der Waals surface area contributed by atoms with Crippen LogP contribution in [0, 0.1) is 5.92 Å². The van der Waals surface area contributed by atoms with E-state index in [1.165, 1.54) is 32.1 Å². The lowest BCUT2D eigenvalue weighted by molar-refractivity contribution is -0.127. The number of carbonyl (C=O) groups is 1. The fraction of sp³-hybridized carbons (Fsp3) is 0.667. The molecule has 0 aromatic heterocycles. The maximum Gasteiger partial charge on any atom is 0.226 e. The number of morpholine rings is 1. The largest absolute Gasteiger partial charge is 0.492 e. The summed E-state index contributed by atoms with van der Waals surface area (Å²) in [4.78, 5) is 15.4. The molecule has 1 aliphatic carbocycles. The summed E-state index contributed by atoms with van der Waals surface area (Å²) in [7, 11) is 0. The van der Waals surface area contributed by atoms with Crippen molar-refractivity contribution in [3.8, 4) is 5.75 Å². The molecule has 1 amide bonds. The van der Waals surface area contributed by atoms with Crippen molar-refractivity contribution in [2.24, 2.45) is 5.92 Å². The number of para-hydroxylation sites is 1. The van der Waals surface area contributed by atoms with Crippen LogP contribution in [0.1, 0.15) is 37.7 Å². The summed E-state index contributed by atoms with van der Waals surface area (Å²) in [5, 5.41) is 3.29. The van der Waals surface area contributed by atoms with E-state index in [1.54, 1.807) is 0 Å². The molecule has 1 atom stereocenters. The number of hydrogen-bond acceptors (Lipinski definition) is 4. The summed E-state index contributed by atoms with van der Waals surface area (Å²) in [5.41, 5.74) is 1.25. The predicted molar refractivity (Wildman–Crippen MR) is 100 cm³/mol. The molecule has 1 saturated heterocycles. The molecule has 5 heteroatoms. The van der Waals surface area contributed by atoms with Crippen LogP contribution < -0.4 is 10.1 Å². The zero-order chi connectivity index (χ0) is 17.8. The fourth-order valence-electron chi connectivity index (χ4n) is 4.74. The monoisotopic (exact) mass is 358 g/mol. The van der Waals surface area contributed by atoms with Crippen molar-refractivity contribution in [2.45, 2.75) is 44.1 Å². The molecule has 3 aliphatic rings. The normalized spacial score (nSPS) is 25.8. The van der Waals surface area contributed by atoms with Gasteiger partial charge in [0, 0.05) is 25.2 Å². The number of rotatable bonds is 4. The third kappa shape index (κ3) is 3.74. The summed E-state index contributed by atoms with van der Waals surface area (Å²) >= 11 is 0. The van der Waals surface area contributed by atoms with Gasteiger partial charge >= 0.3 is 0 Å². The first-order chi connectivity index (χ1) is 12.8. The second kappa shape index (κ2) is 7.97. The summed E-state index contributed by atoms with van der Waals surface area (Å²) in [6, 6.07) is 8.04. The van der Waals surface area contributed by atoms with Crippen LogP contribution in [0.3, 0.4) is 0 Å². The Balaban J connectivity index is 1.39. The number of amides is 1. The first-order valence-electron chi connectivity index (χ1n) is 10.1. The Morgan fingerprint density at radius 2 is 1.92 bits per heavy atom. The molecule has 4 rings (SSSR count). The van der Waals surface area contributed by atoms with Crippen LogP contribution in [0.15, 0.2) is 24.3 Å². The molecule has 2 heterocycles. The molecule has 1 aromatic rings. The number of nitrogens with one attached hydrogen (secondary N) is 1. The minimum absolute atomic E-state index is 0.0878. The average Bonchev–Trinajstić information content (AvgIpc) is 2.73. The van der Waals surface area contributed by atoms with Gasteiger partial charge in [0.05, 0.1) is 19.1 Å². The lowest BCUT2D eigenvalue weighted by Crippen LogP contribution is -2.60. The van der Waals surface area contributed by atoms with Gasteiger partial charge in [0.15, 0.2) is 0 Å². The van der Waals surface area contributed by atoms with Crippen LogP contribution >= 0.6 is 0 Å². The van der Waals surface area contributed by atoms with Gasteiger partial charge in [-0.3, -0.25) is 9.69 Å². The Labute approximate surface area is 156 Å². The number of carbonyl (C=O) groups excluding carboxylic acids is 1. The number of nitrogens with zero attached hydrogens (tertiary/aromatic N) is 1. The molecule has 142 valence electrons. The third-order valence-electron chi connectivity index (χ3n) is 6.31. The highest BCUT2D eigenvalue weighted by Crippen LogP contribution is 2.34. The highest BCUT2D eigenvalue weighted by molar-refractivity contribution is 5.79. The first kappa shape index (κ1) is 17.8. The quantitative estimate of drug-likeness (QED) is 0.898. The van der Waals surface area contributed by atoms with E-state index < -0.39 is 0 Å². The van der Waals surface area contributed by atoms with Crippen molar-refractivity contribution in [3.63, 3.8) is 0 Å². The van der Waals surface area contributed by atoms with E-state index in [2.05, 4.69) is 16.3 Å². The molecule has 0 radical (unpaired) electrons. The Bertz CT molecular complexity index is 621. The van der Waals surface area contributed by atoms with Gasteiger partial charge < -0.3 is 14.8 Å². The van der Waals surface area contributed by atoms with Gasteiger partial charge in [-0.25, -0.2) is 0 Å². The average molecular weight is 358 g/mol. The third-order valence-corrected chi connectivity index (χ3v) is 6.31. The molecule has 2 aliphatic heterocycles. The number of benzene rings is 1. The van der Waals surface area contributed by atoms with Crippen molar-refractivity contribution in [2.75, 3.05) is 39.5 Å². The van der Waals surface area contributed by atoms with Crippen molar-refractivity contribution in [3.05, 3.63) is 29.8 Å². The van der Waals surface area contributed by atoms with E-state index >= 15 is 0 Å². The van der Waals surface area contributed by atoms with Gasteiger partial charge in [-0.15, -0.1) is 0 Å². The summed E-state index contributed by atoms with van der Waals surface area (Å²) in [6.45, 7) is 4.81. The van der Waals surface area contributed by atoms with Gasteiger partial charge in [-0.1, -0.05) is 37.5 Å². The van der Waals surface area contributed by atoms with E-state index in [9.17, 15) is 4.79 Å². The maximum atomic E-state index is 12.8. The highest BCUT2D eigenvalue weighted by Gasteiger charge is 2.39. The Hall–Kier alpha value is -1.59. The van der Waals surface area contributed by atoms with Crippen LogP contribution in [-0.4, -0.2) is 55.8 Å². The molecule has 5 nitrogen and oxygen atoms in total. The zero-order valence-electron chi connectivity index (χ0n) is 15.5. The molecule has 1 N–H and O–H groups in total. The summed E-state index contributed by atoms with van der Waals surface area (Å²) in [6.07, 6.45) is 6.95. The molecule has 0 bridgehead atoms. The lowest BCUT2D eigenvalue weighted by atomic mass is 9.79. The topological polar surface area (TPSA) is 50.8 Å². The van der Waals surface area contributed by atoms with Gasteiger partial charge in [-0.05, 0) is 30.9 Å². The highest BCUT2D eigenvalue weighted by atomic mass is 16.5. The summed E-state index contributed by atoms with van der Waals surface area (Å²) in [5.74, 6) is 0.974. The molecule has 1 saturated carbocycles. The van der Waals surface area contributed by atoms with Crippen molar-refractivity contribution in [1.82, 2.24) is 10.2 Å². The smallest absolute Gasteiger partial charge is 0.226 e. The second-order valence-corrected chi connectivity index (χ2v) is 7.92. The zero-order valence-corrected chi connectivity index (χ0v) is 15.5. The van der Waals surface area contributed by atoms with E-state index in [-0.39, 0.29) is 17.4 Å². The predicted octanol–water partition coefficient (Wildman–Crippen LogP) is 2.39. The Kier molecular flexibility index (Phi) is 5.46. The Morgan fingerprint density at radius 1 is 1.15 bits per heavy atom. The van der Waals surface area contributed by atoms with Gasteiger partial charge in [0.2, 0.25) is 5.91 Å². The minimum Gasteiger partial charge on any atom is -0.492 e. The van der Waals surface area contributed by atoms with E-state index in [0.29, 0.717) is 6.61 Å². The van der Waals surface area contributed by atoms with Crippen molar-refractivity contribution in [1.29, 1.82) is 0 Å². The fourth-order valence-corrected chi connectivity index (χ4v) is 4.74. The van der Waals surface area contributed by atoms with Gasteiger partial charge in [0.25, 0.3) is 0 Å². The van der Waals surface area contributed by atoms with Crippen molar-refractivity contribution >= 4 is 5.91 Å². The number of fused-ring (bicyclic) bond motifs is 1. The van der Waals surface area contributed by atoms with Gasteiger partial charge in [-0.2, -0.15) is 0 Å². The summed E-state index contributed by atoms with van der Waals surface area (Å²) < 4.78 is 11.3. The van der Waals surface area contributed by atoms with E-state index in [1.807, 2.05) is 18.2 Å². The van der Waals surface area contributed by atoms with E-state index in [4.69, 9.17) is 9.47 Å². The molecule has 0 spiro atoms. The minimum atomic E-state index is -0.0878. The second-order valence-electron chi connectivity index (χ2n) is 7.92. The van der Waals surface area contributed by atoms with E-state index in [0.717, 1.165) is 50.6 Å². The SMILES string of the molecule is O=C(NCC1(N2CCOCC2)CCCCC1)C1COc2ccccc2C1. The van der Waals surface area contributed by atoms with Crippen LogP contribution in [0.2, 0.25) is 0 Å². The Morgan fingerprint density at radius 3 is 2.73 bits per heavy atom. The first-order valence-corrected chi connectivity index (χ1v) is 10.1. The molecule has 1 aromatic carbocycles. The van der Waals surface area contributed by atoms with Crippen LogP contribution in [0.5, 0.6) is 5.75 Å². The number of hydrogen-bond donors (Lipinski definition) is 1. The molecule has 26 heavy (non-hydrogen) atoms. The van der Waals surface area contributed by atoms with Gasteiger partial charge in [0.1, 0.15) is 12.4 Å². The lowest BCUT2D eigenvalue weighted by Gasteiger charge is -2.48. The van der Waals surface area contributed by atoms with Crippen molar-refractivity contribution < 1.29 is 14.3 Å². The van der Waals surface area contributed by atoms with Crippen LogP contribution in [0.4, 0.5) is 0 Å². The molecular weight excluding hydrogens is 328 g/mol. The standard InChI is InChI=1S/C21H30N2O3/c24-20(18-14-17-6-2-3-7-19(17)26-15-18)22-16-21(8-4-1-5-9-21)23-10-12-25-13-11-23/h2-3,6-7,18H,1,4-5,8-16H2,(H,22,24). The number of ether oxygens (including phenoxy) is 2. The molecule has 1 unspecified atom stereocenters.